The van der Waals surface area contributed by atoms with Gasteiger partial charge in [-0.15, -0.1) is 24.0 Å². The van der Waals surface area contributed by atoms with E-state index in [9.17, 15) is 13.2 Å². The van der Waals surface area contributed by atoms with Crippen LogP contribution in [-0.2, 0) is 6.54 Å². The molecule has 3 rings (SSSR count). The molecule has 1 aromatic carbocycles. The molecule has 1 aliphatic carbocycles. The summed E-state index contributed by atoms with van der Waals surface area (Å²) in [6.45, 7) is -0.852. The summed E-state index contributed by atoms with van der Waals surface area (Å²) in [6, 6.07) is 4.94. The summed E-state index contributed by atoms with van der Waals surface area (Å²) in [4.78, 5) is 6.81. The molecule has 0 aromatic heterocycles. The molecular weight excluding hydrogens is 508 g/mol. The van der Waals surface area contributed by atoms with Gasteiger partial charge in [-0.05, 0) is 37.8 Å². The number of halogens is 4. The van der Waals surface area contributed by atoms with Gasteiger partial charge in [0.1, 0.15) is 11.6 Å². The third-order valence-electron chi connectivity index (χ3n) is 5.91. The zero-order valence-corrected chi connectivity index (χ0v) is 19.7. The molecule has 1 aromatic rings. The summed E-state index contributed by atoms with van der Waals surface area (Å²) in [5.74, 6) is -0.219. The van der Waals surface area contributed by atoms with E-state index in [1.807, 2.05) is 0 Å². The number of ether oxygens (including phenoxy) is 1. The van der Waals surface area contributed by atoms with Gasteiger partial charge in [-0.2, -0.15) is 8.78 Å². The molecule has 30 heavy (non-hydrogen) atoms. The van der Waals surface area contributed by atoms with Crippen LogP contribution in [0.15, 0.2) is 23.2 Å². The highest BCUT2D eigenvalue weighted by molar-refractivity contribution is 14.0. The second-order valence-electron chi connectivity index (χ2n) is 7.77. The Labute approximate surface area is 193 Å². The van der Waals surface area contributed by atoms with Crippen molar-refractivity contribution in [1.82, 2.24) is 15.5 Å². The van der Waals surface area contributed by atoms with Crippen LogP contribution in [0.2, 0.25) is 0 Å². The van der Waals surface area contributed by atoms with Crippen molar-refractivity contribution >= 4 is 29.9 Å². The SMILES string of the molecule is CN=C(NCc1c(F)cccc1OC(F)F)NC1CCN(C2CCCCC2)CC1.I. The molecule has 170 valence electrons. The second-order valence-corrected chi connectivity index (χ2v) is 7.77. The van der Waals surface area contributed by atoms with E-state index in [2.05, 4.69) is 25.3 Å². The lowest BCUT2D eigenvalue weighted by Gasteiger charge is -2.39. The van der Waals surface area contributed by atoms with Gasteiger partial charge in [0.15, 0.2) is 5.96 Å². The van der Waals surface area contributed by atoms with Crippen molar-refractivity contribution < 1.29 is 17.9 Å². The number of hydrogen-bond donors (Lipinski definition) is 2. The number of piperidine rings is 1. The van der Waals surface area contributed by atoms with Gasteiger partial charge in [-0.25, -0.2) is 4.39 Å². The lowest BCUT2D eigenvalue weighted by Crippen LogP contribution is -2.50. The molecular formula is C21H32F3IN4O. The molecule has 2 fully saturated rings. The predicted molar refractivity (Wildman–Crippen MR) is 123 cm³/mol. The Hall–Kier alpha value is -1.23. The van der Waals surface area contributed by atoms with E-state index >= 15 is 0 Å². The number of alkyl halides is 2. The van der Waals surface area contributed by atoms with Crippen molar-refractivity contribution in [2.45, 2.75) is 70.2 Å². The normalized spacial score (nSPS) is 19.4. The van der Waals surface area contributed by atoms with E-state index in [0.717, 1.165) is 32.0 Å². The van der Waals surface area contributed by atoms with E-state index in [1.165, 1.54) is 50.3 Å². The van der Waals surface area contributed by atoms with Crippen molar-refractivity contribution in [2.24, 2.45) is 4.99 Å². The molecule has 0 bridgehead atoms. The van der Waals surface area contributed by atoms with Crippen LogP contribution in [0.5, 0.6) is 5.75 Å². The summed E-state index contributed by atoms with van der Waals surface area (Å²) < 4.78 is 43.7. The average Bonchev–Trinajstić information content (AvgIpc) is 2.73. The number of nitrogens with one attached hydrogen (secondary N) is 2. The fraction of sp³-hybridized carbons (Fsp3) is 0.667. The highest BCUT2D eigenvalue weighted by atomic mass is 127. The first kappa shape index (κ1) is 25.0. The number of hydrogen-bond acceptors (Lipinski definition) is 3. The number of rotatable bonds is 6. The van der Waals surface area contributed by atoms with Crippen LogP contribution in [0.1, 0.15) is 50.5 Å². The Bertz CT molecular complexity index is 678. The zero-order valence-electron chi connectivity index (χ0n) is 17.4. The van der Waals surface area contributed by atoms with E-state index in [1.54, 1.807) is 7.05 Å². The molecule has 1 aliphatic heterocycles. The van der Waals surface area contributed by atoms with E-state index in [-0.39, 0.29) is 41.8 Å². The van der Waals surface area contributed by atoms with Crippen molar-refractivity contribution in [3.8, 4) is 5.75 Å². The predicted octanol–water partition coefficient (Wildman–Crippen LogP) is 4.51. The van der Waals surface area contributed by atoms with Gasteiger partial charge in [0.25, 0.3) is 0 Å². The summed E-state index contributed by atoms with van der Waals surface area (Å²) in [7, 11) is 1.64. The van der Waals surface area contributed by atoms with E-state index < -0.39 is 12.4 Å². The van der Waals surface area contributed by atoms with Crippen molar-refractivity contribution in [1.29, 1.82) is 0 Å². The van der Waals surface area contributed by atoms with Gasteiger partial charge in [-0.3, -0.25) is 4.99 Å². The molecule has 0 spiro atoms. The van der Waals surface area contributed by atoms with Crippen LogP contribution in [0.4, 0.5) is 13.2 Å². The van der Waals surface area contributed by atoms with Crippen molar-refractivity contribution in [3.63, 3.8) is 0 Å². The molecule has 9 heteroatoms. The third kappa shape index (κ3) is 7.18. The molecule has 1 heterocycles. The number of likely N-dealkylation sites (tertiary alicyclic amines) is 1. The fourth-order valence-electron chi connectivity index (χ4n) is 4.33. The fourth-order valence-corrected chi connectivity index (χ4v) is 4.33. The maximum absolute atomic E-state index is 14.1. The minimum absolute atomic E-state index is 0. The maximum Gasteiger partial charge on any atom is 0.387 e. The largest absolute Gasteiger partial charge is 0.434 e. The second kappa shape index (κ2) is 12.6. The first-order chi connectivity index (χ1) is 14.1. The molecule has 5 nitrogen and oxygen atoms in total. The van der Waals surface area contributed by atoms with Crippen LogP contribution in [0.3, 0.4) is 0 Å². The lowest BCUT2D eigenvalue weighted by molar-refractivity contribution is -0.0506. The Morgan fingerprint density at radius 1 is 1.17 bits per heavy atom. The summed E-state index contributed by atoms with van der Waals surface area (Å²) >= 11 is 0. The molecule has 1 saturated heterocycles. The molecule has 0 amide bonds. The number of aliphatic imine (C=N–C) groups is 1. The van der Waals surface area contributed by atoms with Crippen LogP contribution in [0, 0.1) is 5.82 Å². The van der Waals surface area contributed by atoms with Crippen LogP contribution >= 0.6 is 24.0 Å². The van der Waals surface area contributed by atoms with Gasteiger partial charge < -0.3 is 20.3 Å². The third-order valence-corrected chi connectivity index (χ3v) is 5.91. The Morgan fingerprint density at radius 3 is 2.50 bits per heavy atom. The van der Waals surface area contributed by atoms with Gasteiger partial charge in [0.2, 0.25) is 0 Å². The first-order valence-electron chi connectivity index (χ1n) is 10.5. The van der Waals surface area contributed by atoms with Crippen LogP contribution in [0.25, 0.3) is 0 Å². The topological polar surface area (TPSA) is 48.9 Å². The minimum Gasteiger partial charge on any atom is -0.434 e. The van der Waals surface area contributed by atoms with Gasteiger partial charge in [0.05, 0.1) is 0 Å². The van der Waals surface area contributed by atoms with Crippen LogP contribution in [-0.4, -0.2) is 49.7 Å². The number of benzene rings is 1. The van der Waals surface area contributed by atoms with Gasteiger partial charge >= 0.3 is 6.61 Å². The monoisotopic (exact) mass is 540 g/mol. The highest BCUT2D eigenvalue weighted by Crippen LogP contribution is 2.25. The zero-order chi connectivity index (χ0) is 20.6. The standard InChI is InChI=1S/C21H31F3N4O.HI/c1-25-21(26-14-17-18(22)8-5-9-19(17)29-20(23)24)27-15-10-12-28(13-11-15)16-6-3-2-4-7-16;/h5,8-9,15-16,20H,2-4,6-7,10-14H2,1H3,(H2,25,26,27);1H. The van der Waals surface area contributed by atoms with Crippen molar-refractivity contribution in [3.05, 3.63) is 29.6 Å². The molecule has 0 atom stereocenters. The Kier molecular flexibility index (Phi) is 10.5. The first-order valence-corrected chi connectivity index (χ1v) is 10.5. The Balaban J connectivity index is 0.00000320. The average molecular weight is 540 g/mol. The summed E-state index contributed by atoms with van der Waals surface area (Å²) in [5.41, 5.74) is 0.0582. The summed E-state index contributed by atoms with van der Waals surface area (Å²) in [5, 5.41) is 6.40. The quantitative estimate of drug-likeness (QED) is 0.317. The highest BCUT2D eigenvalue weighted by Gasteiger charge is 2.26. The van der Waals surface area contributed by atoms with Gasteiger partial charge in [0, 0.05) is 44.3 Å². The Morgan fingerprint density at radius 2 is 1.87 bits per heavy atom. The number of guanidine groups is 1. The maximum atomic E-state index is 14.1. The molecule has 0 unspecified atom stereocenters. The molecule has 0 radical (unpaired) electrons. The van der Waals surface area contributed by atoms with E-state index in [4.69, 9.17) is 0 Å². The van der Waals surface area contributed by atoms with E-state index in [0.29, 0.717) is 12.0 Å². The van der Waals surface area contributed by atoms with Gasteiger partial charge in [-0.1, -0.05) is 25.3 Å². The lowest BCUT2D eigenvalue weighted by atomic mass is 9.92. The molecule has 2 aliphatic rings. The summed E-state index contributed by atoms with van der Waals surface area (Å²) in [6.07, 6.45) is 8.72. The molecule has 1 saturated carbocycles. The van der Waals surface area contributed by atoms with Crippen molar-refractivity contribution in [2.75, 3.05) is 20.1 Å². The minimum atomic E-state index is -3.00. The molecule has 2 N–H and O–H groups in total. The van der Waals surface area contributed by atoms with Crippen LogP contribution < -0.4 is 15.4 Å². The number of nitrogens with zero attached hydrogens (tertiary/aromatic N) is 2. The smallest absolute Gasteiger partial charge is 0.387 e.